The lowest BCUT2D eigenvalue weighted by molar-refractivity contribution is -0.391. The number of nitrogens with zero attached hydrogens (tertiary/aromatic N) is 1. The number of carboxylic acid groups (broad SMARTS) is 3. The van der Waals surface area contributed by atoms with Crippen LogP contribution in [0.3, 0.4) is 0 Å². The Morgan fingerprint density at radius 2 is 1.20 bits per heavy atom. The van der Waals surface area contributed by atoms with Gasteiger partial charge in [0.15, 0.2) is 24.8 Å². The topological polar surface area (TPSA) is 752 Å². The molecule has 8 amide bonds. The van der Waals surface area contributed by atoms with E-state index in [1.54, 1.807) is 0 Å². The number of hydrogen-bond acceptors (Lipinski definition) is 33. The van der Waals surface area contributed by atoms with Crippen molar-refractivity contribution in [2.45, 2.75) is 231 Å². The Bertz CT molecular complexity index is 2890. The van der Waals surface area contributed by atoms with Crippen LogP contribution in [0.15, 0.2) is 4.99 Å². The maximum atomic E-state index is 13.2. The van der Waals surface area contributed by atoms with Gasteiger partial charge in [-0.1, -0.05) is 0 Å². The van der Waals surface area contributed by atoms with Gasteiger partial charge in [-0.3, -0.25) is 48.1 Å². The summed E-state index contributed by atoms with van der Waals surface area (Å²) in [4.78, 5) is 142. The molecule has 0 aromatic rings. The number of guanidine groups is 1. The van der Waals surface area contributed by atoms with Gasteiger partial charge in [0, 0.05) is 39.8 Å². The molecule has 4 unspecified atom stereocenters. The molecule has 4 fully saturated rings. The van der Waals surface area contributed by atoms with Crippen molar-refractivity contribution in [1.82, 2.24) is 42.5 Å². The van der Waals surface area contributed by atoms with E-state index in [9.17, 15) is 124 Å². The molecule has 29 N–H and O–H groups in total. The van der Waals surface area contributed by atoms with E-state index in [1.807, 2.05) is 10.6 Å². The molecule has 4 saturated heterocycles. The van der Waals surface area contributed by atoms with Gasteiger partial charge in [0.05, 0.1) is 76.8 Å². The standard InChI is InChI=1S/C58H98N12O34/c1-22-39(84)42(87)43(88)54(98-22)102-47-38(67-24(3)76)53(100-32(21-74)45(47)101-55-44(89)48(41(86)31(20-73)99-55)104-58(56(95)96)15-29(77)37(66-23(2)75)46(103-58)40(85)30(78)19-72)97-13-7-10-33(79)62-11-5-4-8-25(59)49(90)64-16-34(80)68-26(9-6-12-63-57(60)61)50(91)65-17-35(81)69-27(14-36(82)83)51(92)70-28(18-71)52(93)94/h22,25-32,37-48,53-55,71-74,77-78,84-89H,4-21,59H2,1-3H3,(H,62,79)(H,64,90)(H,65,91)(H,66,75)(H,67,76)(H,68,80)(H,69,81)(H,70,92)(H,82,83)(H,93,94)(H,95,96)(H4,60,61,63)/t22-,25-,26-,27-,28-,29-,30+,31+,32?,37+,38+,39+,40+,41-,42+,43-,44?,45+,46?,47+,48-,53?,54-,55+,58-/m0/s1. The zero-order valence-electron chi connectivity index (χ0n) is 56.7. The molecule has 46 nitrogen and oxygen atoms in total. The van der Waals surface area contributed by atoms with E-state index in [4.69, 9.17) is 60.2 Å². The van der Waals surface area contributed by atoms with Crippen molar-refractivity contribution in [3.8, 4) is 0 Å². The van der Waals surface area contributed by atoms with Crippen molar-refractivity contribution in [2.24, 2.45) is 22.2 Å². The number of nitrogens with two attached hydrogens (primary N) is 3. The summed E-state index contributed by atoms with van der Waals surface area (Å²) in [5.74, 6) is -16.0. The maximum Gasteiger partial charge on any atom is 0.364 e. The first-order valence-corrected chi connectivity index (χ1v) is 32.8. The molecule has 4 aliphatic rings. The zero-order chi connectivity index (χ0) is 78.0. The molecule has 0 aromatic carbocycles. The normalized spacial score (nSPS) is 30.8. The smallest absolute Gasteiger partial charge is 0.364 e. The van der Waals surface area contributed by atoms with Gasteiger partial charge in [-0.25, -0.2) is 9.59 Å². The van der Waals surface area contributed by atoms with Crippen LogP contribution in [0.25, 0.3) is 0 Å². The minimum absolute atomic E-state index is 0.0122. The predicted molar refractivity (Wildman–Crippen MR) is 339 cm³/mol. The summed E-state index contributed by atoms with van der Waals surface area (Å²) in [5.41, 5.74) is 16.8. The van der Waals surface area contributed by atoms with Crippen LogP contribution < -0.4 is 59.7 Å². The molecule has 0 bridgehead atoms. The van der Waals surface area contributed by atoms with E-state index in [-0.39, 0.29) is 70.6 Å². The number of hydrogen-bond donors (Lipinski definition) is 26. The summed E-state index contributed by atoms with van der Waals surface area (Å²) in [6.07, 6.45) is -37.4. The summed E-state index contributed by atoms with van der Waals surface area (Å²) in [5, 5.41) is 176. The van der Waals surface area contributed by atoms with E-state index in [0.29, 0.717) is 0 Å². The lowest BCUT2D eigenvalue weighted by Gasteiger charge is -2.51. The third-order valence-corrected chi connectivity index (χ3v) is 16.6. The van der Waals surface area contributed by atoms with Crippen LogP contribution in [0.2, 0.25) is 0 Å². The lowest BCUT2D eigenvalue weighted by Crippen LogP contribution is -2.71. The van der Waals surface area contributed by atoms with Crippen LogP contribution in [-0.4, -0.2) is 359 Å². The molecule has 594 valence electrons. The Morgan fingerprint density at radius 1 is 0.606 bits per heavy atom. The first-order valence-electron chi connectivity index (χ1n) is 32.8. The zero-order valence-corrected chi connectivity index (χ0v) is 56.7. The predicted octanol–water partition coefficient (Wildman–Crippen LogP) is -14.5. The van der Waals surface area contributed by atoms with Crippen LogP contribution in [0.5, 0.6) is 0 Å². The third-order valence-electron chi connectivity index (χ3n) is 16.6. The number of ether oxygens (including phenoxy) is 8. The van der Waals surface area contributed by atoms with Crippen molar-refractivity contribution < 1.29 is 167 Å². The second kappa shape index (κ2) is 42.7. The number of carbonyl (C=O) groups is 11. The van der Waals surface area contributed by atoms with Crippen LogP contribution in [0, 0.1) is 0 Å². The van der Waals surface area contributed by atoms with Crippen LogP contribution in [0.1, 0.15) is 78.6 Å². The Balaban J connectivity index is 1.39. The number of aliphatic hydroxyl groups excluding tert-OH is 12. The van der Waals surface area contributed by atoms with Gasteiger partial charge < -0.3 is 174 Å². The first kappa shape index (κ1) is 89.0. The molecular weight excluding hydrogens is 1410 g/mol. The number of nitrogens with one attached hydrogen (secondary N) is 8. The highest BCUT2D eigenvalue weighted by atomic mass is 16.8. The minimum Gasteiger partial charge on any atom is -0.481 e. The van der Waals surface area contributed by atoms with Crippen molar-refractivity contribution in [1.29, 1.82) is 0 Å². The van der Waals surface area contributed by atoms with E-state index in [0.717, 1.165) is 13.8 Å². The van der Waals surface area contributed by atoms with E-state index in [2.05, 4.69) is 36.9 Å². The van der Waals surface area contributed by atoms with Crippen LogP contribution in [0.4, 0.5) is 0 Å². The summed E-state index contributed by atoms with van der Waals surface area (Å²) in [7, 11) is 0. The van der Waals surface area contributed by atoms with Gasteiger partial charge in [-0.2, -0.15) is 0 Å². The summed E-state index contributed by atoms with van der Waals surface area (Å²) < 4.78 is 47.4. The first-order chi connectivity index (χ1) is 48.9. The number of carbonyl (C=O) groups excluding carboxylic acids is 8. The van der Waals surface area contributed by atoms with Crippen LogP contribution >= 0.6 is 0 Å². The molecule has 0 aliphatic carbocycles. The van der Waals surface area contributed by atoms with Gasteiger partial charge in [-0.05, 0) is 45.4 Å². The summed E-state index contributed by atoms with van der Waals surface area (Å²) in [6.45, 7) is -2.94. The van der Waals surface area contributed by atoms with Crippen molar-refractivity contribution in [3.63, 3.8) is 0 Å². The monoisotopic (exact) mass is 1510 g/mol. The molecule has 25 atom stereocenters. The SMILES string of the molecule is CC(=O)N[C@H]1C(OCCCC(=O)NCCCC[C@H](N)C(=O)NCC(=O)N[C@@H](CCCN=C(N)N)C(=O)NCC(=O)N[C@@H](CC(=O)O)C(=O)N[C@@H](CO)C(=O)O)OC(CO)[C@@H](O[C@H]2O[C@H](CO)[C@H](O)[C@H](O[C@]3(C(=O)O)C[C@H](O)[C@@H](NC(C)=O)C([C@H](O)[C@H](O)CO)O3)C2O)[C@@H]1O[C@@H]1O[C@@H](C)[C@@H](O)[C@@H](O)[C@@H]1O. The van der Waals surface area contributed by atoms with Crippen molar-refractivity contribution in [2.75, 3.05) is 59.2 Å². The number of unbranched alkanes of at least 4 members (excludes halogenated alkanes) is 1. The fourth-order valence-corrected chi connectivity index (χ4v) is 11.2. The number of aliphatic carboxylic acids is 3. The van der Waals surface area contributed by atoms with Gasteiger partial charge in [0.25, 0.3) is 5.79 Å². The van der Waals surface area contributed by atoms with E-state index in [1.165, 1.54) is 6.92 Å². The van der Waals surface area contributed by atoms with Crippen molar-refractivity contribution in [3.05, 3.63) is 0 Å². The van der Waals surface area contributed by atoms with Gasteiger partial charge in [-0.15, -0.1) is 0 Å². The highest BCUT2D eigenvalue weighted by Crippen LogP contribution is 2.39. The number of carboxylic acids is 3. The Hall–Kier alpha value is -7.40. The van der Waals surface area contributed by atoms with Gasteiger partial charge in [0.2, 0.25) is 47.3 Å². The highest BCUT2D eigenvalue weighted by Gasteiger charge is 2.61. The molecule has 0 aromatic heterocycles. The quantitative estimate of drug-likeness (QED) is 0.0153. The van der Waals surface area contributed by atoms with Crippen LogP contribution in [-0.2, 0) is 90.6 Å². The average molecular weight is 1510 g/mol. The second-order valence-corrected chi connectivity index (χ2v) is 24.7. The van der Waals surface area contributed by atoms with Gasteiger partial charge in [0.1, 0.15) is 104 Å². The molecular formula is C58H98N12O34. The molecule has 0 spiro atoms. The summed E-state index contributed by atoms with van der Waals surface area (Å²) in [6, 6.07) is -9.57. The Kier molecular flexibility index (Phi) is 36.5. The molecule has 0 saturated carbocycles. The number of aliphatic hydroxyl groups is 12. The van der Waals surface area contributed by atoms with E-state index >= 15 is 0 Å². The van der Waals surface area contributed by atoms with Gasteiger partial charge >= 0.3 is 17.9 Å². The Morgan fingerprint density at radius 3 is 1.78 bits per heavy atom. The average Bonchev–Trinajstić information content (AvgIpc) is 0.754. The summed E-state index contributed by atoms with van der Waals surface area (Å²) >= 11 is 0. The fourth-order valence-electron chi connectivity index (χ4n) is 11.2. The van der Waals surface area contributed by atoms with Crippen molar-refractivity contribution >= 4 is 71.1 Å². The lowest BCUT2D eigenvalue weighted by atomic mass is 9.88. The maximum absolute atomic E-state index is 13.2. The third kappa shape index (κ3) is 26.3. The minimum atomic E-state index is -3.21. The van der Waals surface area contributed by atoms with E-state index < -0.39 is 270 Å². The number of rotatable bonds is 42. The number of amides is 8. The molecule has 46 heteroatoms. The molecule has 104 heavy (non-hydrogen) atoms. The largest absolute Gasteiger partial charge is 0.481 e. The second-order valence-electron chi connectivity index (χ2n) is 24.7. The number of aliphatic imine (C=N–C) groups is 1. The molecule has 4 heterocycles. The fraction of sp³-hybridized carbons (Fsp3) is 0.793. The molecule has 0 radical (unpaired) electrons. The Labute approximate surface area is 591 Å². The molecule has 4 rings (SSSR count). The molecule has 4 aliphatic heterocycles. The highest BCUT2D eigenvalue weighted by molar-refractivity contribution is 5.95.